The number of carbonyl (C=O) groups is 1. The Morgan fingerprint density at radius 2 is 1.93 bits per heavy atom. The van der Waals surface area contributed by atoms with Crippen molar-refractivity contribution >= 4 is 47.6 Å². The first-order chi connectivity index (χ1) is 14.1. The molecule has 0 radical (unpaired) electrons. The summed E-state index contributed by atoms with van der Waals surface area (Å²) in [7, 11) is 1.63. The molecule has 2 aromatic rings. The van der Waals surface area contributed by atoms with E-state index in [2.05, 4.69) is 20.9 Å². The summed E-state index contributed by atoms with van der Waals surface area (Å²) in [5.74, 6) is 2.00. The second-order valence-corrected chi connectivity index (χ2v) is 7.47. The van der Waals surface area contributed by atoms with Crippen LogP contribution in [0.15, 0.2) is 53.5 Å². The van der Waals surface area contributed by atoms with Crippen molar-refractivity contribution in [3.8, 4) is 0 Å². The second kappa shape index (κ2) is 15.1. The van der Waals surface area contributed by atoms with E-state index in [9.17, 15) is 9.18 Å². The minimum absolute atomic E-state index is 0. The van der Waals surface area contributed by atoms with Gasteiger partial charge in [0.2, 0.25) is 0 Å². The first kappa shape index (κ1) is 26.2. The van der Waals surface area contributed by atoms with Crippen LogP contribution < -0.4 is 16.0 Å². The summed E-state index contributed by atoms with van der Waals surface area (Å²) >= 11 is 1.67. The standard InChI is InChI=1S/C22H29FN4OS.HI/c1-3-25-22(27-13-14-29-16-19-8-4-5-10-20(19)23)26-12-11-17-7-6-9-18(15-17)21(28)24-2;/h4-10,15H,3,11-14,16H2,1-2H3,(H,24,28)(H2,25,26,27);1H. The lowest BCUT2D eigenvalue weighted by molar-refractivity contribution is 0.0963. The zero-order chi connectivity index (χ0) is 20.9. The van der Waals surface area contributed by atoms with Crippen LogP contribution in [-0.4, -0.2) is 44.3 Å². The number of aliphatic imine (C=N–C) groups is 1. The first-order valence-corrected chi connectivity index (χ1v) is 10.9. The molecule has 0 saturated heterocycles. The Balaban J connectivity index is 0.00000450. The molecule has 1 amide bonds. The highest BCUT2D eigenvalue weighted by Crippen LogP contribution is 2.15. The lowest BCUT2D eigenvalue weighted by atomic mass is 10.1. The van der Waals surface area contributed by atoms with Crippen molar-refractivity contribution in [3.05, 3.63) is 71.0 Å². The highest BCUT2D eigenvalue weighted by Gasteiger charge is 2.04. The average molecular weight is 544 g/mol. The third-order valence-electron chi connectivity index (χ3n) is 4.19. The molecule has 0 aliphatic heterocycles. The van der Waals surface area contributed by atoms with E-state index in [1.165, 1.54) is 6.07 Å². The molecule has 0 spiro atoms. The molecule has 0 aromatic heterocycles. The van der Waals surface area contributed by atoms with Gasteiger partial charge in [0.1, 0.15) is 5.82 Å². The van der Waals surface area contributed by atoms with E-state index in [0.29, 0.717) is 24.4 Å². The molecular weight excluding hydrogens is 514 g/mol. The maximum Gasteiger partial charge on any atom is 0.251 e. The molecule has 0 heterocycles. The van der Waals surface area contributed by atoms with Crippen LogP contribution in [0.1, 0.15) is 28.4 Å². The van der Waals surface area contributed by atoms with Crippen LogP contribution in [0.2, 0.25) is 0 Å². The number of hydrogen-bond donors (Lipinski definition) is 3. The van der Waals surface area contributed by atoms with Crippen LogP contribution in [0.3, 0.4) is 0 Å². The molecule has 2 rings (SSSR count). The van der Waals surface area contributed by atoms with Gasteiger partial charge >= 0.3 is 0 Å². The number of guanidine groups is 1. The summed E-state index contributed by atoms with van der Waals surface area (Å²) in [4.78, 5) is 16.3. The Morgan fingerprint density at radius 3 is 2.67 bits per heavy atom. The molecular formula is C22H30FIN4OS. The smallest absolute Gasteiger partial charge is 0.251 e. The fourth-order valence-corrected chi connectivity index (χ4v) is 3.52. The molecule has 0 saturated carbocycles. The number of amides is 1. The van der Waals surface area contributed by atoms with Crippen LogP contribution in [0.25, 0.3) is 0 Å². The normalized spacial score (nSPS) is 10.8. The van der Waals surface area contributed by atoms with Gasteiger partial charge in [-0.25, -0.2) is 4.39 Å². The lowest BCUT2D eigenvalue weighted by Crippen LogP contribution is -2.38. The van der Waals surface area contributed by atoms with Crippen LogP contribution in [0, 0.1) is 5.82 Å². The minimum Gasteiger partial charge on any atom is -0.357 e. The van der Waals surface area contributed by atoms with Crippen molar-refractivity contribution in [1.82, 2.24) is 16.0 Å². The van der Waals surface area contributed by atoms with Gasteiger partial charge in [0.15, 0.2) is 5.96 Å². The Morgan fingerprint density at radius 1 is 1.13 bits per heavy atom. The quantitative estimate of drug-likeness (QED) is 0.184. The van der Waals surface area contributed by atoms with Crippen molar-refractivity contribution in [1.29, 1.82) is 0 Å². The van der Waals surface area contributed by atoms with Gasteiger partial charge in [0.25, 0.3) is 5.91 Å². The third-order valence-corrected chi connectivity index (χ3v) is 5.17. The van der Waals surface area contributed by atoms with Gasteiger partial charge in [-0.2, -0.15) is 11.8 Å². The predicted octanol–water partition coefficient (Wildman–Crippen LogP) is 3.83. The van der Waals surface area contributed by atoms with Gasteiger partial charge in [-0.05, 0) is 42.7 Å². The number of thioether (sulfide) groups is 1. The first-order valence-electron chi connectivity index (χ1n) is 9.78. The van der Waals surface area contributed by atoms with Crippen molar-refractivity contribution in [3.63, 3.8) is 0 Å². The Bertz CT molecular complexity index is 819. The van der Waals surface area contributed by atoms with E-state index in [1.54, 1.807) is 30.9 Å². The fraction of sp³-hybridized carbons (Fsp3) is 0.364. The van der Waals surface area contributed by atoms with Crippen LogP contribution >= 0.6 is 35.7 Å². The molecule has 0 bridgehead atoms. The number of carbonyl (C=O) groups excluding carboxylic acids is 1. The summed E-state index contributed by atoms with van der Waals surface area (Å²) in [6.07, 6.45) is 0.789. The number of rotatable bonds is 10. The van der Waals surface area contributed by atoms with Gasteiger partial charge in [0.05, 0.1) is 6.54 Å². The van der Waals surface area contributed by atoms with Crippen molar-refractivity contribution < 1.29 is 9.18 Å². The fourth-order valence-electron chi connectivity index (χ4n) is 2.70. The SMILES string of the molecule is CCNC(=NCCSCc1ccccc1F)NCCc1cccc(C(=O)NC)c1.I. The third kappa shape index (κ3) is 9.34. The zero-order valence-electron chi connectivity index (χ0n) is 17.4. The molecule has 164 valence electrons. The largest absolute Gasteiger partial charge is 0.357 e. The maximum atomic E-state index is 13.6. The van der Waals surface area contributed by atoms with E-state index in [0.717, 1.165) is 35.8 Å². The second-order valence-electron chi connectivity index (χ2n) is 6.36. The van der Waals surface area contributed by atoms with Crippen molar-refractivity contribution in [2.75, 3.05) is 32.4 Å². The van der Waals surface area contributed by atoms with E-state index in [4.69, 9.17) is 0 Å². The lowest BCUT2D eigenvalue weighted by Gasteiger charge is -2.11. The Hall–Kier alpha value is -1.81. The van der Waals surface area contributed by atoms with Gasteiger partial charge in [0, 0.05) is 37.2 Å². The van der Waals surface area contributed by atoms with E-state index in [1.807, 2.05) is 37.3 Å². The molecule has 0 aliphatic carbocycles. The molecule has 0 atom stereocenters. The number of benzene rings is 2. The molecule has 0 unspecified atom stereocenters. The molecule has 5 nitrogen and oxygen atoms in total. The molecule has 3 N–H and O–H groups in total. The van der Waals surface area contributed by atoms with Crippen LogP contribution in [0.4, 0.5) is 4.39 Å². The van der Waals surface area contributed by atoms with Crippen molar-refractivity contribution in [2.24, 2.45) is 4.99 Å². The molecule has 0 aliphatic rings. The Labute approximate surface area is 199 Å². The highest BCUT2D eigenvalue weighted by atomic mass is 127. The highest BCUT2D eigenvalue weighted by molar-refractivity contribution is 14.0. The van der Waals surface area contributed by atoms with E-state index < -0.39 is 0 Å². The van der Waals surface area contributed by atoms with Gasteiger partial charge < -0.3 is 16.0 Å². The van der Waals surface area contributed by atoms with E-state index in [-0.39, 0.29) is 35.7 Å². The monoisotopic (exact) mass is 544 g/mol. The molecule has 2 aromatic carbocycles. The van der Waals surface area contributed by atoms with Crippen LogP contribution in [-0.2, 0) is 12.2 Å². The predicted molar refractivity (Wildman–Crippen MR) is 135 cm³/mol. The molecule has 8 heteroatoms. The minimum atomic E-state index is -0.154. The van der Waals surface area contributed by atoms with E-state index >= 15 is 0 Å². The summed E-state index contributed by atoms with van der Waals surface area (Å²) in [5, 5.41) is 9.19. The molecule has 0 fully saturated rings. The summed E-state index contributed by atoms with van der Waals surface area (Å²) in [6, 6.07) is 14.5. The van der Waals surface area contributed by atoms with Gasteiger partial charge in [-0.15, -0.1) is 24.0 Å². The Kier molecular flexibility index (Phi) is 13.2. The topological polar surface area (TPSA) is 65.5 Å². The number of nitrogens with zero attached hydrogens (tertiary/aromatic N) is 1. The number of hydrogen-bond acceptors (Lipinski definition) is 3. The van der Waals surface area contributed by atoms with Crippen LogP contribution in [0.5, 0.6) is 0 Å². The van der Waals surface area contributed by atoms with Crippen molar-refractivity contribution in [2.45, 2.75) is 19.1 Å². The molecule has 30 heavy (non-hydrogen) atoms. The summed E-state index contributed by atoms with van der Waals surface area (Å²) in [6.45, 7) is 4.17. The maximum absolute atomic E-state index is 13.6. The van der Waals surface area contributed by atoms with Gasteiger partial charge in [-0.3, -0.25) is 9.79 Å². The van der Waals surface area contributed by atoms with Gasteiger partial charge in [-0.1, -0.05) is 30.3 Å². The summed E-state index contributed by atoms with van der Waals surface area (Å²) < 4.78 is 13.6. The summed E-state index contributed by atoms with van der Waals surface area (Å²) in [5.41, 5.74) is 2.48. The number of nitrogens with one attached hydrogen (secondary N) is 3. The zero-order valence-corrected chi connectivity index (χ0v) is 20.6. The average Bonchev–Trinajstić information content (AvgIpc) is 2.74. The number of halogens is 2.